The maximum Gasteiger partial charge on any atom is 0.340 e. The Morgan fingerprint density at radius 2 is 1.93 bits per heavy atom. The summed E-state index contributed by atoms with van der Waals surface area (Å²) in [5.74, 6) is -0.969. The average Bonchev–Trinajstić information content (AvgIpc) is 2.73. The fourth-order valence-corrected chi connectivity index (χ4v) is 4.02. The summed E-state index contributed by atoms with van der Waals surface area (Å²) in [6.45, 7) is 1.91. The highest BCUT2D eigenvalue weighted by atomic mass is 32.2. The fourth-order valence-electron chi connectivity index (χ4n) is 3.61. The molecule has 1 aliphatic rings. The number of aromatic nitrogens is 1. The van der Waals surface area contributed by atoms with E-state index in [2.05, 4.69) is 4.98 Å². The monoisotopic (exact) mass is 408 g/mol. The molecule has 6 nitrogen and oxygen atoms in total. The van der Waals surface area contributed by atoms with E-state index in [1.54, 1.807) is 24.8 Å². The van der Waals surface area contributed by atoms with Gasteiger partial charge in [0.25, 0.3) is 5.56 Å². The summed E-state index contributed by atoms with van der Waals surface area (Å²) in [5.41, 5.74) is 7.75. The molecule has 0 aliphatic carbocycles. The minimum absolute atomic E-state index is 0.0503. The van der Waals surface area contributed by atoms with E-state index in [-0.39, 0.29) is 23.6 Å². The predicted octanol–water partition coefficient (Wildman–Crippen LogP) is 3.51. The van der Waals surface area contributed by atoms with Crippen molar-refractivity contribution in [2.24, 2.45) is 5.73 Å². The number of esters is 1. The van der Waals surface area contributed by atoms with Gasteiger partial charge in [-0.05, 0) is 43.0 Å². The normalized spacial score (nSPS) is 15.7. The summed E-state index contributed by atoms with van der Waals surface area (Å²) in [4.78, 5) is 29.8. The number of nitrogens with one attached hydrogen (secondary N) is 1. The van der Waals surface area contributed by atoms with Crippen molar-refractivity contribution in [1.82, 2.24) is 4.98 Å². The van der Waals surface area contributed by atoms with E-state index in [0.717, 1.165) is 15.8 Å². The first-order valence-electron chi connectivity index (χ1n) is 9.18. The van der Waals surface area contributed by atoms with Crippen LogP contribution in [-0.2, 0) is 9.53 Å². The standard InChI is InChI=1S/C22H20N2O4S/c1-3-27-22(26)18-16(12-8-10-13(29-2)11-9-12)17-19(28-20(18)23)14-6-4-5-7-15(14)24-21(17)25/h4-11,16H,3,23H2,1-2H3,(H,24,25)/t16-/m1/s1. The number of carbonyl (C=O) groups is 1. The number of ether oxygens (including phenoxy) is 2. The van der Waals surface area contributed by atoms with E-state index in [1.807, 2.05) is 48.7 Å². The van der Waals surface area contributed by atoms with Crippen LogP contribution in [0.4, 0.5) is 0 Å². The summed E-state index contributed by atoms with van der Waals surface area (Å²) in [6, 6.07) is 15.0. The average molecular weight is 408 g/mol. The SMILES string of the molecule is CCOC(=O)C1=C(N)Oc2c(c(=O)[nH]c3ccccc23)[C@H]1c1ccc(SC)cc1. The van der Waals surface area contributed by atoms with Gasteiger partial charge in [0.15, 0.2) is 0 Å². The van der Waals surface area contributed by atoms with Crippen molar-refractivity contribution in [2.75, 3.05) is 12.9 Å². The summed E-state index contributed by atoms with van der Waals surface area (Å²) >= 11 is 1.61. The van der Waals surface area contributed by atoms with Crippen LogP contribution < -0.4 is 16.0 Å². The Bertz CT molecular complexity index is 1180. The molecular formula is C22H20N2O4S. The van der Waals surface area contributed by atoms with Crippen LogP contribution in [0.25, 0.3) is 10.9 Å². The highest BCUT2D eigenvalue weighted by molar-refractivity contribution is 7.98. The molecule has 0 bridgehead atoms. The first-order chi connectivity index (χ1) is 14.0. The third kappa shape index (κ3) is 3.27. The first kappa shape index (κ1) is 19.1. The molecule has 3 aromatic rings. The molecule has 0 fully saturated rings. The molecule has 0 unspecified atom stereocenters. The van der Waals surface area contributed by atoms with Gasteiger partial charge in [-0.3, -0.25) is 4.79 Å². The zero-order chi connectivity index (χ0) is 20.5. The van der Waals surface area contributed by atoms with Crippen LogP contribution in [0.3, 0.4) is 0 Å². The van der Waals surface area contributed by atoms with Gasteiger partial charge in [0.1, 0.15) is 11.3 Å². The minimum Gasteiger partial charge on any atom is -0.462 e. The molecule has 4 rings (SSSR count). The molecule has 1 atom stereocenters. The van der Waals surface area contributed by atoms with Crippen LogP contribution in [0.2, 0.25) is 0 Å². The number of pyridine rings is 1. The van der Waals surface area contributed by atoms with E-state index < -0.39 is 11.9 Å². The van der Waals surface area contributed by atoms with Crippen LogP contribution in [0, 0.1) is 0 Å². The van der Waals surface area contributed by atoms with E-state index in [9.17, 15) is 9.59 Å². The van der Waals surface area contributed by atoms with Crippen molar-refractivity contribution in [3.63, 3.8) is 0 Å². The van der Waals surface area contributed by atoms with Crippen molar-refractivity contribution in [1.29, 1.82) is 0 Å². The van der Waals surface area contributed by atoms with Crippen LogP contribution in [-0.4, -0.2) is 23.8 Å². The molecule has 1 aliphatic heterocycles. The van der Waals surface area contributed by atoms with Gasteiger partial charge in [-0.1, -0.05) is 24.3 Å². The number of thioether (sulfide) groups is 1. The number of aromatic amines is 1. The summed E-state index contributed by atoms with van der Waals surface area (Å²) in [6.07, 6.45) is 1.98. The lowest BCUT2D eigenvalue weighted by molar-refractivity contribution is -0.139. The molecule has 0 spiro atoms. The maximum absolute atomic E-state index is 13.1. The number of hydrogen-bond acceptors (Lipinski definition) is 6. The molecule has 2 aromatic carbocycles. The first-order valence-corrected chi connectivity index (χ1v) is 10.4. The molecule has 29 heavy (non-hydrogen) atoms. The van der Waals surface area contributed by atoms with Gasteiger partial charge in [0.05, 0.1) is 23.6 Å². The Morgan fingerprint density at radius 1 is 1.21 bits per heavy atom. The van der Waals surface area contributed by atoms with Crippen molar-refractivity contribution in [3.8, 4) is 5.75 Å². The van der Waals surface area contributed by atoms with Gasteiger partial charge in [-0.15, -0.1) is 11.8 Å². The number of benzene rings is 2. The largest absolute Gasteiger partial charge is 0.462 e. The highest BCUT2D eigenvalue weighted by Crippen LogP contribution is 2.43. The second kappa shape index (κ2) is 7.67. The number of carbonyl (C=O) groups excluding carboxylic acids is 1. The molecule has 7 heteroatoms. The molecule has 0 saturated heterocycles. The van der Waals surface area contributed by atoms with Gasteiger partial charge >= 0.3 is 5.97 Å². The quantitative estimate of drug-likeness (QED) is 0.507. The molecule has 0 amide bonds. The Labute approximate surface area is 171 Å². The topological polar surface area (TPSA) is 94.4 Å². The lowest BCUT2D eigenvalue weighted by Crippen LogP contribution is -2.32. The van der Waals surface area contributed by atoms with Crippen molar-refractivity contribution in [3.05, 3.63) is 81.5 Å². The molecule has 3 N–H and O–H groups in total. The summed E-state index contributed by atoms with van der Waals surface area (Å²) in [5, 5.41) is 0.721. The molecular weight excluding hydrogens is 388 g/mol. The van der Waals surface area contributed by atoms with E-state index in [1.165, 1.54) is 0 Å². The second-order valence-corrected chi connectivity index (χ2v) is 7.43. The third-order valence-corrected chi connectivity index (χ3v) is 5.65. The number of hydrogen-bond donors (Lipinski definition) is 2. The zero-order valence-electron chi connectivity index (χ0n) is 16.0. The van der Waals surface area contributed by atoms with Gasteiger partial charge in [0, 0.05) is 10.3 Å². The van der Waals surface area contributed by atoms with E-state index >= 15 is 0 Å². The second-order valence-electron chi connectivity index (χ2n) is 6.55. The van der Waals surface area contributed by atoms with E-state index in [4.69, 9.17) is 15.2 Å². The smallest absolute Gasteiger partial charge is 0.340 e. The van der Waals surface area contributed by atoms with Crippen molar-refractivity contribution < 1.29 is 14.3 Å². The van der Waals surface area contributed by atoms with Gasteiger partial charge < -0.3 is 20.2 Å². The van der Waals surface area contributed by atoms with Gasteiger partial charge in [0.2, 0.25) is 5.88 Å². The number of para-hydroxylation sites is 1. The molecule has 2 heterocycles. The summed E-state index contributed by atoms with van der Waals surface area (Å²) in [7, 11) is 0. The van der Waals surface area contributed by atoms with Crippen LogP contribution in [0.1, 0.15) is 24.0 Å². The number of rotatable bonds is 4. The lowest BCUT2D eigenvalue weighted by atomic mass is 9.83. The Hall–Kier alpha value is -3.19. The number of nitrogens with two attached hydrogens (primary N) is 1. The van der Waals surface area contributed by atoms with Gasteiger partial charge in [-0.25, -0.2) is 4.79 Å². The minimum atomic E-state index is -0.693. The maximum atomic E-state index is 13.1. The van der Waals surface area contributed by atoms with Crippen LogP contribution in [0.15, 0.2) is 69.7 Å². The van der Waals surface area contributed by atoms with Crippen LogP contribution >= 0.6 is 11.8 Å². The predicted molar refractivity (Wildman–Crippen MR) is 113 cm³/mol. The van der Waals surface area contributed by atoms with Crippen LogP contribution in [0.5, 0.6) is 5.75 Å². The molecule has 0 saturated carbocycles. The Balaban J connectivity index is 2.01. The highest BCUT2D eigenvalue weighted by Gasteiger charge is 2.38. The van der Waals surface area contributed by atoms with E-state index in [0.29, 0.717) is 16.8 Å². The number of H-pyrrole nitrogens is 1. The Morgan fingerprint density at radius 3 is 2.62 bits per heavy atom. The molecule has 148 valence electrons. The Kier molecular flexibility index (Phi) is 5.07. The molecule has 1 aromatic heterocycles. The number of fused-ring (bicyclic) bond motifs is 3. The van der Waals surface area contributed by atoms with Crippen molar-refractivity contribution in [2.45, 2.75) is 17.7 Å². The third-order valence-electron chi connectivity index (χ3n) is 4.91. The fraction of sp³-hybridized carbons (Fsp3) is 0.182. The van der Waals surface area contributed by atoms with Gasteiger partial charge in [-0.2, -0.15) is 0 Å². The molecule has 0 radical (unpaired) electrons. The summed E-state index contributed by atoms with van der Waals surface area (Å²) < 4.78 is 11.1. The zero-order valence-corrected chi connectivity index (χ0v) is 16.8. The lowest BCUT2D eigenvalue weighted by Gasteiger charge is -2.28. The van der Waals surface area contributed by atoms with Crippen molar-refractivity contribution >= 4 is 28.6 Å².